The van der Waals surface area contributed by atoms with E-state index in [-0.39, 0.29) is 0 Å². The van der Waals surface area contributed by atoms with Gasteiger partial charge in [-0.25, -0.2) is 0 Å². The Bertz CT molecular complexity index is 303. The molecule has 1 unspecified atom stereocenters. The van der Waals surface area contributed by atoms with E-state index in [1.807, 2.05) is 6.20 Å². The van der Waals surface area contributed by atoms with Crippen LogP contribution < -0.4 is 0 Å². The van der Waals surface area contributed by atoms with Gasteiger partial charge in [0.25, 0.3) is 0 Å². The maximum absolute atomic E-state index is 4.44. The van der Waals surface area contributed by atoms with E-state index in [1.54, 1.807) is 0 Å². The molecule has 0 aliphatic heterocycles. The Kier molecular flexibility index (Phi) is 4.32. The van der Waals surface area contributed by atoms with Gasteiger partial charge < -0.3 is 0 Å². The molecule has 0 saturated heterocycles. The largest absolute Gasteiger partial charge is 0.261 e. The van der Waals surface area contributed by atoms with Crippen LogP contribution in [0.25, 0.3) is 0 Å². The number of nitrogens with zero attached hydrogens (tertiary/aromatic N) is 1. The summed E-state index contributed by atoms with van der Waals surface area (Å²) in [5.74, 6) is 0. The molecule has 1 atom stereocenters. The van der Waals surface area contributed by atoms with Crippen molar-refractivity contribution in [2.45, 2.75) is 45.4 Å². The van der Waals surface area contributed by atoms with Crippen LogP contribution >= 0.6 is 15.9 Å². The van der Waals surface area contributed by atoms with Crippen LogP contribution in [0.15, 0.2) is 18.3 Å². The molecule has 0 aliphatic rings. The number of halogens is 1. The molecule has 0 amide bonds. The summed E-state index contributed by atoms with van der Waals surface area (Å²) in [5.41, 5.74) is 2.72. The quantitative estimate of drug-likeness (QED) is 0.749. The zero-order valence-electron chi connectivity index (χ0n) is 10.0. The standard InChI is InChI=1S/C13H20BrN/c1-5-13(3,4)12(14)8-11-7-6-10(2)9-15-11/h6-7,9,12H,5,8H2,1-4H3. The predicted molar refractivity (Wildman–Crippen MR) is 69.5 cm³/mol. The van der Waals surface area contributed by atoms with Gasteiger partial charge in [-0.3, -0.25) is 4.98 Å². The molecule has 2 heteroatoms. The highest BCUT2D eigenvalue weighted by atomic mass is 79.9. The van der Waals surface area contributed by atoms with Crippen LogP contribution in [0, 0.1) is 12.3 Å². The third-order valence-electron chi connectivity index (χ3n) is 3.12. The van der Waals surface area contributed by atoms with Crippen LogP contribution in [-0.4, -0.2) is 9.81 Å². The summed E-state index contributed by atoms with van der Waals surface area (Å²) in [7, 11) is 0. The van der Waals surface area contributed by atoms with E-state index < -0.39 is 0 Å². The molecule has 0 aromatic carbocycles. The molecule has 1 nitrogen and oxygen atoms in total. The first kappa shape index (κ1) is 12.7. The molecule has 0 saturated carbocycles. The summed E-state index contributed by atoms with van der Waals surface area (Å²) in [6, 6.07) is 4.25. The molecule has 1 aromatic rings. The van der Waals surface area contributed by atoms with Gasteiger partial charge in [0.05, 0.1) is 0 Å². The highest BCUT2D eigenvalue weighted by molar-refractivity contribution is 9.09. The lowest BCUT2D eigenvalue weighted by atomic mass is 9.84. The smallest absolute Gasteiger partial charge is 0.0415 e. The van der Waals surface area contributed by atoms with Crippen LogP contribution in [0.2, 0.25) is 0 Å². The minimum atomic E-state index is 0.326. The summed E-state index contributed by atoms with van der Waals surface area (Å²) < 4.78 is 0. The van der Waals surface area contributed by atoms with Gasteiger partial charge in [0, 0.05) is 23.1 Å². The average Bonchev–Trinajstić information content (AvgIpc) is 2.21. The topological polar surface area (TPSA) is 12.9 Å². The van der Waals surface area contributed by atoms with Crippen molar-refractivity contribution in [2.24, 2.45) is 5.41 Å². The van der Waals surface area contributed by atoms with E-state index >= 15 is 0 Å². The second-order valence-electron chi connectivity index (χ2n) is 4.84. The summed E-state index contributed by atoms with van der Waals surface area (Å²) in [4.78, 5) is 4.93. The molecule has 84 valence electrons. The molecular weight excluding hydrogens is 250 g/mol. The van der Waals surface area contributed by atoms with Crippen molar-refractivity contribution in [2.75, 3.05) is 0 Å². The van der Waals surface area contributed by atoms with Gasteiger partial charge in [0.1, 0.15) is 0 Å². The third-order valence-corrected chi connectivity index (χ3v) is 4.68. The number of hydrogen-bond donors (Lipinski definition) is 0. The van der Waals surface area contributed by atoms with Crippen molar-refractivity contribution in [1.82, 2.24) is 4.98 Å². The minimum Gasteiger partial charge on any atom is -0.261 e. The number of hydrogen-bond acceptors (Lipinski definition) is 1. The molecule has 1 aromatic heterocycles. The zero-order valence-corrected chi connectivity index (χ0v) is 11.6. The Morgan fingerprint density at radius 3 is 2.53 bits per heavy atom. The van der Waals surface area contributed by atoms with E-state index in [2.05, 4.69) is 60.7 Å². The molecule has 15 heavy (non-hydrogen) atoms. The van der Waals surface area contributed by atoms with Gasteiger partial charge in [-0.05, 0) is 30.4 Å². The first-order valence-corrected chi connectivity index (χ1v) is 6.43. The van der Waals surface area contributed by atoms with Crippen LogP contribution in [0.3, 0.4) is 0 Å². The van der Waals surface area contributed by atoms with Gasteiger partial charge in [0.2, 0.25) is 0 Å². The Balaban J connectivity index is 2.66. The van der Waals surface area contributed by atoms with E-state index in [0.29, 0.717) is 10.2 Å². The Morgan fingerprint density at radius 1 is 1.40 bits per heavy atom. The van der Waals surface area contributed by atoms with Gasteiger partial charge in [-0.1, -0.05) is 42.8 Å². The van der Waals surface area contributed by atoms with E-state index in [1.165, 1.54) is 17.7 Å². The molecule has 1 heterocycles. The second kappa shape index (κ2) is 5.11. The monoisotopic (exact) mass is 269 g/mol. The fourth-order valence-corrected chi connectivity index (χ4v) is 1.96. The fraction of sp³-hybridized carbons (Fsp3) is 0.615. The Hall–Kier alpha value is -0.370. The summed E-state index contributed by atoms with van der Waals surface area (Å²) in [5, 5.41) is 0. The van der Waals surface area contributed by atoms with Gasteiger partial charge in [0.15, 0.2) is 0 Å². The van der Waals surface area contributed by atoms with E-state index in [9.17, 15) is 0 Å². The predicted octanol–water partition coefficient (Wildman–Crippen LogP) is 4.13. The highest BCUT2D eigenvalue weighted by Crippen LogP contribution is 2.32. The lowest BCUT2D eigenvalue weighted by Gasteiger charge is -2.28. The zero-order chi connectivity index (χ0) is 11.5. The number of rotatable bonds is 4. The Labute approximate surface area is 101 Å². The molecular formula is C13H20BrN. The lowest BCUT2D eigenvalue weighted by Crippen LogP contribution is -2.25. The third kappa shape index (κ3) is 3.60. The minimum absolute atomic E-state index is 0.326. The van der Waals surface area contributed by atoms with Gasteiger partial charge in [-0.2, -0.15) is 0 Å². The molecule has 0 bridgehead atoms. The maximum atomic E-state index is 4.44. The van der Waals surface area contributed by atoms with Crippen molar-refractivity contribution in [3.05, 3.63) is 29.6 Å². The molecule has 0 aliphatic carbocycles. The van der Waals surface area contributed by atoms with Crippen molar-refractivity contribution in [3.8, 4) is 0 Å². The first-order chi connectivity index (χ1) is 6.95. The highest BCUT2D eigenvalue weighted by Gasteiger charge is 2.25. The van der Waals surface area contributed by atoms with E-state index in [0.717, 1.165) is 6.42 Å². The second-order valence-corrected chi connectivity index (χ2v) is 5.95. The summed E-state index contributed by atoms with van der Waals surface area (Å²) in [6.45, 7) is 8.89. The maximum Gasteiger partial charge on any atom is 0.0415 e. The van der Waals surface area contributed by atoms with Crippen LogP contribution in [0.5, 0.6) is 0 Å². The van der Waals surface area contributed by atoms with Crippen molar-refractivity contribution in [1.29, 1.82) is 0 Å². The SMILES string of the molecule is CCC(C)(C)C(Br)Cc1ccc(C)cn1. The molecule has 0 radical (unpaired) electrons. The van der Waals surface area contributed by atoms with Crippen LogP contribution in [-0.2, 0) is 6.42 Å². The van der Waals surface area contributed by atoms with Gasteiger partial charge >= 0.3 is 0 Å². The van der Waals surface area contributed by atoms with Crippen LogP contribution in [0.4, 0.5) is 0 Å². The number of pyridine rings is 1. The lowest BCUT2D eigenvalue weighted by molar-refractivity contribution is 0.338. The van der Waals surface area contributed by atoms with Crippen molar-refractivity contribution >= 4 is 15.9 Å². The normalized spacial score (nSPS) is 13.9. The molecule has 0 spiro atoms. The van der Waals surface area contributed by atoms with Crippen molar-refractivity contribution < 1.29 is 0 Å². The van der Waals surface area contributed by atoms with E-state index in [4.69, 9.17) is 0 Å². The van der Waals surface area contributed by atoms with Crippen molar-refractivity contribution in [3.63, 3.8) is 0 Å². The summed E-state index contributed by atoms with van der Waals surface area (Å²) >= 11 is 3.77. The number of alkyl halides is 1. The fourth-order valence-electron chi connectivity index (χ4n) is 1.30. The number of aryl methyl sites for hydroxylation is 1. The molecule has 0 N–H and O–H groups in total. The number of aromatic nitrogens is 1. The Morgan fingerprint density at radius 2 is 2.07 bits per heavy atom. The average molecular weight is 270 g/mol. The molecule has 0 fully saturated rings. The van der Waals surface area contributed by atoms with Gasteiger partial charge in [-0.15, -0.1) is 0 Å². The molecule has 1 rings (SSSR count). The summed E-state index contributed by atoms with van der Waals surface area (Å²) in [6.07, 6.45) is 4.11. The van der Waals surface area contributed by atoms with Crippen LogP contribution in [0.1, 0.15) is 38.4 Å². The first-order valence-electron chi connectivity index (χ1n) is 5.51.